The summed E-state index contributed by atoms with van der Waals surface area (Å²) in [5.41, 5.74) is 4.20. The highest BCUT2D eigenvalue weighted by molar-refractivity contribution is 6.07. The molecule has 0 unspecified atom stereocenters. The number of Topliss-reactive ketones (excluding diaryl/α,β-unsaturated/α-hetero) is 1. The van der Waals surface area contributed by atoms with Crippen molar-refractivity contribution in [1.29, 1.82) is 0 Å². The number of pyridine rings is 1. The summed E-state index contributed by atoms with van der Waals surface area (Å²) in [6.45, 7) is 1.21. The average molecular weight is 431 g/mol. The Hall–Kier alpha value is -3.78. The molecule has 1 amide bonds. The highest BCUT2D eigenvalue weighted by Crippen LogP contribution is 2.20. The molecule has 1 N–H and O–H groups in total. The van der Waals surface area contributed by atoms with Crippen molar-refractivity contribution in [3.8, 4) is 11.3 Å². The van der Waals surface area contributed by atoms with Gasteiger partial charge in [0.2, 0.25) is 0 Å². The van der Waals surface area contributed by atoms with E-state index in [1.54, 1.807) is 19.0 Å². The van der Waals surface area contributed by atoms with Gasteiger partial charge < -0.3 is 14.6 Å². The van der Waals surface area contributed by atoms with Crippen molar-refractivity contribution in [2.24, 2.45) is 7.05 Å². The van der Waals surface area contributed by atoms with Crippen LogP contribution >= 0.6 is 0 Å². The van der Waals surface area contributed by atoms with Crippen molar-refractivity contribution >= 4 is 17.3 Å². The zero-order chi connectivity index (χ0) is 22.7. The second-order valence-corrected chi connectivity index (χ2v) is 7.76. The average Bonchev–Trinajstić information content (AvgIpc) is 3.40. The molecule has 3 heterocycles. The Bertz CT molecular complexity index is 1260. The number of rotatable bonds is 8. The second kappa shape index (κ2) is 9.15. The van der Waals surface area contributed by atoms with E-state index in [2.05, 4.69) is 15.4 Å². The summed E-state index contributed by atoms with van der Waals surface area (Å²) < 4.78 is 3.40. The fourth-order valence-electron chi connectivity index (χ4n) is 3.67. The molecule has 3 aromatic heterocycles. The van der Waals surface area contributed by atoms with Crippen LogP contribution in [0, 0.1) is 0 Å². The largest absolute Gasteiger partial charge is 0.340 e. The molecule has 8 nitrogen and oxygen atoms in total. The Morgan fingerprint density at radius 2 is 1.88 bits per heavy atom. The maximum atomic E-state index is 13.2. The normalized spacial score (nSPS) is 11.1. The van der Waals surface area contributed by atoms with Gasteiger partial charge in [-0.2, -0.15) is 5.10 Å². The quantitative estimate of drug-likeness (QED) is 0.434. The number of aryl methyl sites for hydroxylation is 1. The maximum Gasteiger partial charge on any atom is 0.257 e. The monoisotopic (exact) mass is 430 g/mol. The van der Waals surface area contributed by atoms with E-state index in [-0.39, 0.29) is 18.1 Å². The lowest BCUT2D eigenvalue weighted by Crippen LogP contribution is -2.33. The molecule has 1 aromatic carbocycles. The number of hydrogen-bond acceptors (Lipinski definition) is 5. The number of benzene rings is 1. The minimum absolute atomic E-state index is 0.155. The number of imidazole rings is 1. The lowest BCUT2D eigenvalue weighted by Gasteiger charge is -2.17. The molecular weight excluding hydrogens is 404 g/mol. The minimum atomic E-state index is -0.214. The first-order valence-corrected chi connectivity index (χ1v) is 10.5. The fraction of sp³-hybridized carbons (Fsp3) is 0.250. The Morgan fingerprint density at radius 3 is 2.62 bits per heavy atom. The highest BCUT2D eigenvalue weighted by Gasteiger charge is 2.24. The molecule has 0 atom stereocenters. The lowest BCUT2D eigenvalue weighted by molar-refractivity contribution is 0.0790. The molecule has 8 heteroatoms. The van der Waals surface area contributed by atoms with Gasteiger partial charge in [0.15, 0.2) is 5.78 Å². The number of likely N-dealkylation sites (N-methyl/N-ethyl adjacent to an activating group) is 2. The first kappa shape index (κ1) is 21.5. The van der Waals surface area contributed by atoms with Crippen LogP contribution in [0.2, 0.25) is 0 Å². The number of amides is 1. The molecule has 0 spiro atoms. The van der Waals surface area contributed by atoms with Crippen molar-refractivity contribution in [1.82, 2.24) is 29.4 Å². The molecule has 0 bridgehead atoms. The van der Waals surface area contributed by atoms with E-state index in [1.165, 1.54) is 10.9 Å². The Balaban J connectivity index is 1.57. The molecular formula is C24H26N6O2. The molecule has 0 radical (unpaired) electrons. The minimum Gasteiger partial charge on any atom is -0.340 e. The standard InChI is InChI=1S/C24H26N6O2/c1-25-11-12-28(2)24(32)19-14-26-29(3)23(19)21(31)13-17-9-10-22-27-20(16-30(22)15-17)18-7-5-4-6-8-18/h4-10,14-16,25H,11-13H2,1-3H3. The van der Waals surface area contributed by atoms with E-state index in [9.17, 15) is 9.59 Å². The number of ketones is 1. The number of fused-ring (bicyclic) bond motifs is 1. The van der Waals surface area contributed by atoms with E-state index in [0.29, 0.717) is 24.3 Å². The first-order chi connectivity index (χ1) is 15.5. The van der Waals surface area contributed by atoms with E-state index in [0.717, 1.165) is 22.5 Å². The van der Waals surface area contributed by atoms with E-state index >= 15 is 0 Å². The number of carbonyl (C=O) groups excluding carboxylic acids is 2. The van der Waals surface area contributed by atoms with Gasteiger partial charge in [-0.1, -0.05) is 36.4 Å². The van der Waals surface area contributed by atoms with Crippen molar-refractivity contribution in [3.05, 3.63) is 77.9 Å². The van der Waals surface area contributed by atoms with Crippen LogP contribution in [0.4, 0.5) is 0 Å². The summed E-state index contributed by atoms with van der Waals surface area (Å²) >= 11 is 0. The summed E-state index contributed by atoms with van der Waals surface area (Å²) in [5.74, 6) is -0.368. The van der Waals surface area contributed by atoms with Gasteiger partial charge in [0.1, 0.15) is 11.3 Å². The predicted molar refractivity (Wildman–Crippen MR) is 123 cm³/mol. The van der Waals surface area contributed by atoms with Gasteiger partial charge in [-0.05, 0) is 18.7 Å². The molecule has 0 aliphatic heterocycles. The number of aromatic nitrogens is 4. The number of nitrogens with zero attached hydrogens (tertiary/aromatic N) is 5. The zero-order valence-corrected chi connectivity index (χ0v) is 18.4. The fourth-order valence-corrected chi connectivity index (χ4v) is 3.67. The van der Waals surface area contributed by atoms with Gasteiger partial charge in [-0.3, -0.25) is 14.3 Å². The third kappa shape index (κ3) is 4.31. The summed E-state index contributed by atoms with van der Waals surface area (Å²) in [5, 5.41) is 7.19. The molecule has 0 aliphatic rings. The molecule has 0 saturated carbocycles. The Kier molecular flexibility index (Phi) is 6.13. The summed E-state index contributed by atoms with van der Waals surface area (Å²) in [6.07, 6.45) is 5.49. The zero-order valence-electron chi connectivity index (χ0n) is 18.4. The predicted octanol–water partition coefficient (Wildman–Crippen LogP) is 2.45. The van der Waals surface area contributed by atoms with Crippen LogP contribution in [0.3, 0.4) is 0 Å². The summed E-state index contributed by atoms with van der Waals surface area (Å²) in [4.78, 5) is 32.2. The highest BCUT2D eigenvalue weighted by atomic mass is 16.2. The van der Waals surface area contributed by atoms with Gasteiger partial charge >= 0.3 is 0 Å². The van der Waals surface area contributed by atoms with Crippen molar-refractivity contribution < 1.29 is 9.59 Å². The van der Waals surface area contributed by atoms with Gasteiger partial charge in [0.05, 0.1) is 17.5 Å². The van der Waals surface area contributed by atoms with Crippen LogP contribution in [0.15, 0.2) is 61.1 Å². The van der Waals surface area contributed by atoms with Gasteiger partial charge in [-0.25, -0.2) is 4.98 Å². The molecule has 0 aliphatic carbocycles. The molecule has 164 valence electrons. The summed E-state index contributed by atoms with van der Waals surface area (Å²) in [7, 11) is 5.23. The van der Waals surface area contributed by atoms with Gasteiger partial charge in [0, 0.05) is 51.6 Å². The smallest absolute Gasteiger partial charge is 0.257 e. The molecule has 32 heavy (non-hydrogen) atoms. The maximum absolute atomic E-state index is 13.2. The Labute approximate surface area is 186 Å². The first-order valence-electron chi connectivity index (χ1n) is 10.5. The number of hydrogen-bond donors (Lipinski definition) is 1. The number of carbonyl (C=O) groups is 2. The van der Waals surface area contributed by atoms with Crippen LogP contribution in [-0.2, 0) is 13.5 Å². The van der Waals surface area contributed by atoms with E-state index in [1.807, 2.05) is 66.3 Å². The van der Waals surface area contributed by atoms with Crippen molar-refractivity contribution in [3.63, 3.8) is 0 Å². The van der Waals surface area contributed by atoms with Crippen LogP contribution < -0.4 is 5.32 Å². The molecule has 0 saturated heterocycles. The molecule has 4 rings (SSSR count). The lowest BCUT2D eigenvalue weighted by atomic mass is 10.1. The van der Waals surface area contributed by atoms with Crippen molar-refractivity contribution in [2.75, 3.05) is 27.2 Å². The third-order valence-corrected chi connectivity index (χ3v) is 5.42. The van der Waals surface area contributed by atoms with Gasteiger partial charge in [0.25, 0.3) is 5.91 Å². The SMILES string of the molecule is CNCCN(C)C(=O)c1cnn(C)c1C(=O)Cc1ccc2nc(-c3ccccc3)cn2c1. The topological polar surface area (TPSA) is 84.5 Å². The Morgan fingerprint density at radius 1 is 1.09 bits per heavy atom. The number of nitrogens with one attached hydrogen (secondary N) is 1. The third-order valence-electron chi connectivity index (χ3n) is 5.42. The van der Waals surface area contributed by atoms with Gasteiger partial charge in [-0.15, -0.1) is 0 Å². The van der Waals surface area contributed by atoms with Crippen LogP contribution in [0.5, 0.6) is 0 Å². The van der Waals surface area contributed by atoms with Crippen LogP contribution in [-0.4, -0.2) is 62.9 Å². The van der Waals surface area contributed by atoms with Crippen molar-refractivity contribution in [2.45, 2.75) is 6.42 Å². The van der Waals surface area contributed by atoms with E-state index < -0.39 is 0 Å². The van der Waals surface area contributed by atoms with Crippen LogP contribution in [0.25, 0.3) is 16.9 Å². The van der Waals surface area contributed by atoms with E-state index in [4.69, 9.17) is 0 Å². The second-order valence-electron chi connectivity index (χ2n) is 7.76. The molecule has 0 fully saturated rings. The summed E-state index contributed by atoms with van der Waals surface area (Å²) in [6, 6.07) is 13.8. The molecule has 4 aromatic rings. The van der Waals surface area contributed by atoms with Crippen LogP contribution in [0.1, 0.15) is 26.4 Å².